The number of benzene rings is 2. The summed E-state index contributed by atoms with van der Waals surface area (Å²) in [6, 6.07) is 11.7. The van der Waals surface area contributed by atoms with Gasteiger partial charge < -0.3 is 14.0 Å². The van der Waals surface area contributed by atoms with Gasteiger partial charge in [-0.15, -0.1) is 0 Å². The molecule has 0 radical (unpaired) electrons. The highest BCUT2D eigenvalue weighted by molar-refractivity contribution is 7.90. The van der Waals surface area contributed by atoms with Crippen LogP contribution in [0.1, 0.15) is 12.5 Å². The Balaban J connectivity index is 2.05. The maximum absolute atomic E-state index is 12.6. The van der Waals surface area contributed by atoms with Gasteiger partial charge >= 0.3 is 5.97 Å². The smallest absolute Gasteiger partial charge is 0.326 e. The lowest BCUT2D eigenvalue weighted by Crippen LogP contribution is -2.23. The molecule has 8 nitrogen and oxygen atoms in total. The van der Waals surface area contributed by atoms with Crippen molar-refractivity contribution in [1.82, 2.24) is 4.57 Å². The fraction of sp³-hybridized carbons (Fsp3) is 0.286. The van der Waals surface area contributed by atoms with Crippen LogP contribution in [0.15, 0.2) is 52.4 Å². The second-order valence-corrected chi connectivity index (χ2v) is 9.74. The Morgan fingerprint density at radius 3 is 2.61 bits per heavy atom. The number of nitrogens with zero attached hydrogens (tertiary/aromatic N) is 2. The Kier molecular flexibility index (Phi) is 6.91. The number of ether oxygens (including phenoxy) is 2. The summed E-state index contributed by atoms with van der Waals surface area (Å²) in [6.45, 7) is 1.79. The molecule has 0 aliphatic rings. The van der Waals surface area contributed by atoms with Crippen LogP contribution >= 0.6 is 11.3 Å². The van der Waals surface area contributed by atoms with Gasteiger partial charge in [-0.1, -0.05) is 23.5 Å². The van der Waals surface area contributed by atoms with Crippen molar-refractivity contribution in [2.75, 3.05) is 20.0 Å². The Morgan fingerprint density at radius 1 is 1.16 bits per heavy atom. The van der Waals surface area contributed by atoms with Gasteiger partial charge in [0.2, 0.25) is 0 Å². The molecule has 3 aromatic rings. The van der Waals surface area contributed by atoms with Gasteiger partial charge in [0.15, 0.2) is 14.6 Å². The highest BCUT2D eigenvalue weighted by Gasteiger charge is 2.15. The maximum Gasteiger partial charge on any atom is 0.326 e. The highest BCUT2D eigenvalue weighted by atomic mass is 32.2. The third-order valence-electron chi connectivity index (χ3n) is 4.38. The van der Waals surface area contributed by atoms with Gasteiger partial charge in [-0.05, 0) is 42.8 Å². The molecule has 0 aliphatic carbocycles. The summed E-state index contributed by atoms with van der Waals surface area (Å²) < 4.78 is 36.2. The molecular formula is C21H22N2O6S2. The molecule has 164 valence electrons. The Bertz CT molecular complexity index is 1300. The standard InChI is InChI=1S/C21H22N2O6S2/c1-4-29-20(25)13-23-17-9-8-16(31(3,26)27)12-18(17)30-21(23)22-19(24)11-14-6-5-7-15(10-14)28-2/h5-10,12H,4,11,13H2,1-3H3. The van der Waals surface area contributed by atoms with Gasteiger partial charge in [0.25, 0.3) is 5.91 Å². The first kappa shape index (κ1) is 22.7. The topological polar surface area (TPSA) is 104 Å². The van der Waals surface area contributed by atoms with Crippen LogP contribution in [0.3, 0.4) is 0 Å². The van der Waals surface area contributed by atoms with Gasteiger partial charge in [0.1, 0.15) is 12.3 Å². The number of methoxy groups -OCH3 is 1. The molecule has 1 aromatic heterocycles. The zero-order chi connectivity index (χ0) is 22.6. The summed E-state index contributed by atoms with van der Waals surface area (Å²) in [5.74, 6) is -0.241. The van der Waals surface area contributed by atoms with E-state index in [1.165, 1.54) is 12.1 Å². The molecular weight excluding hydrogens is 440 g/mol. The zero-order valence-corrected chi connectivity index (χ0v) is 19.0. The SMILES string of the molecule is CCOC(=O)Cn1c(=NC(=O)Cc2cccc(OC)c2)sc2cc(S(C)(=O)=O)ccc21. The van der Waals surface area contributed by atoms with Crippen molar-refractivity contribution in [1.29, 1.82) is 0 Å². The summed E-state index contributed by atoms with van der Waals surface area (Å²) in [6.07, 6.45) is 1.18. The van der Waals surface area contributed by atoms with Crippen LogP contribution in [-0.2, 0) is 37.1 Å². The zero-order valence-electron chi connectivity index (χ0n) is 17.3. The number of rotatable bonds is 7. The number of carbonyl (C=O) groups is 2. The van der Waals surface area contributed by atoms with Crippen LogP contribution in [-0.4, -0.2) is 44.8 Å². The molecule has 0 unspecified atom stereocenters. The predicted molar refractivity (Wildman–Crippen MR) is 117 cm³/mol. The third-order valence-corrected chi connectivity index (χ3v) is 6.54. The van der Waals surface area contributed by atoms with Crippen LogP contribution in [0, 0.1) is 0 Å². The van der Waals surface area contributed by atoms with E-state index in [1.54, 1.807) is 48.9 Å². The number of amides is 1. The van der Waals surface area contributed by atoms with Crippen molar-refractivity contribution in [3.05, 3.63) is 52.8 Å². The Labute approximate surface area is 183 Å². The summed E-state index contributed by atoms with van der Waals surface area (Å²) in [7, 11) is -1.86. The van der Waals surface area contributed by atoms with Crippen molar-refractivity contribution >= 4 is 43.3 Å². The van der Waals surface area contributed by atoms with E-state index in [0.717, 1.165) is 23.2 Å². The van der Waals surface area contributed by atoms with E-state index < -0.39 is 21.7 Å². The lowest BCUT2D eigenvalue weighted by atomic mass is 10.1. The molecule has 31 heavy (non-hydrogen) atoms. The molecule has 10 heteroatoms. The van der Waals surface area contributed by atoms with E-state index >= 15 is 0 Å². The lowest BCUT2D eigenvalue weighted by molar-refractivity contribution is -0.143. The lowest BCUT2D eigenvalue weighted by Gasteiger charge is -2.06. The molecule has 1 heterocycles. The fourth-order valence-corrected chi connectivity index (χ4v) is 4.77. The van der Waals surface area contributed by atoms with Gasteiger partial charge in [-0.2, -0.15) is 4.99 Å². The number of thiazole rings is 1. The normalized spacial score (nSPS) is 12.2. The molecule has 0 N–H and O–H groups in total. The average Bonchev–Trinajstić information content (AvgIpc) is 3.03. The first-order valence-electron chi connectivity index (χ1n) is 9.41. The van der Waals surface area contributed by atoms with Gasteiger partial charge in [0.05, 0.1) is 35.2 Å². The quantitative estimate of drug-likeness (QED) is 0.499. The number of fused-ring (bicyclic) bond motifs is 1. The monoisotopic (exact) mass is 462 g/mol. The second kappa shape index (κ2) is 9.44. The fourth-order valence-electron chi connectivity index (χ4n) is 2.96. The molecule has 0 bridgehead atoms. The minimum Gasteiger partial charge on any atom is -0.497 e. The number of esters is 1. The first-order valence-corrected chi connectivity index (χ1v) is 12.1. The maximum atomic E-state index is 12.6. The van der Waals surface area contributed by atoms with Crippen LogP contribution in [0.2, 0.25) is 0 Å². The number of carbonyl (C=O) groups excluding carboxylic acids is 2. The van der Waals surface area contributed by atoms with Crippen LogP contribution in [0.5, 0.6) is 5.75 Å². The van der Waals surface area contributed by atoms with E-state index in [9.17, 15) is 18.0 Å². The molecule has 0 spiro atoms. The summed E-state index contributed by atoms with van der Waals surface area (Å²) in [4.78, 5) is 29.4. The van der Waals surface area contributed by atoms with Crippen molar-refractivity contribution in [2.24, 2.45) is 4.99 Å². The Morgan fingerprint density at radius 2 is 1.94 bits per heavy atom. The van der Waals surface area contributed by atoms with Crippen LogP contribution < -0.4 is 9.54 Å². The first-order chi connectivity index (χ1) is 14.7. The van der Waals surface area contributed by atoms with E-state index in [-0.39, 0.29) is 24.5 Å². The molecule has 1 amide bonds. The van der Waals surface area contributed by atoms with Crippen molar-refractivity contribution in [3.63, 3.8) is 0 Å². The number of sulfone groups is 1. The molecule has 0 aliphatic heterocycles. The minimum absolute atomic E-state index is 0.0550. The Hall–Kier alpha value is -2.98. The molecule has 0 saturated carbocycles. The van der Waals surface area contributed by atoms with E-state index in [2.05, 4.69) is 4.99 Å². The van der Waals surface area contributed by atoms with Gasteiger partial charge in [-0.25, -0.2) is 8.42 Å². The summed E-state index contributed by atoms with van der Waals surface area (Å²) in [5.41, 5.74) is 1.34. The average molecular weight is 463 g/mol. The molecule has 0 fully saturated rings. The van der Waals surface area contributed by atoms with Gasteiger partial charge in [-0.3, -0.25) is 9.59 Å². The number of hydrogen-bond acceptors (Lipinski definition) is 7. The van der Waals surface area contributed by atoms with E-state index in [1.807, 2.05) is 0 Å². The van der Waals surface area contributed by atoms with E-state index in [4.69, 9.17) is 9.47 Å². The number of hydrogen-bond donors (Lipinski definition) is 0. The highest BCUT2D eigenvalue weighted by Crippen LogP contribution is 2.22. The second-order valence-electron chi connectivity index (χ2n) is 6.71. The van der Waals surface area contributed by atoms with Crippen LogP contribution in [0.25, 0.3) is 10.2 Å². The predicted octanol–water partition coefficient (Wildman–Crippen LogP) is 2.35. The molecule has 3 rings (SSSR count). The molecule has 2 aromatic carbocycles. The van der Waals surface area contributed by atoms with Crippen molar-refractivity contribution in [2.45, 2.75) is 24.8 Å². The van der Waals surface area contributed by atoms with Crippen molar-refractivity contribution < 1.29 is 27.5 Å². The summed E-state index contributed by atoms with van der Waals surface area (Å²) in [5, 5.41) is 0. The largest absolute Gasteiger partial charge is 0.497 e. The molecule has 0 saturated heterocycles. The third kappa shape index (κ3) is 5.59. The summed E-state index contributed by atoms with van der Waals surface area (Å²) >= 11 is 1.14. The van der Waals surface area contributed by atoms with Crippen LogP contribution in [0.4, 0.5) is 0 Å². The van der Waals surface area contributed by atoms with E-state index in [0.29, 0.717) is 20.8 Å². The van der Waals surface area contributed by atoms with Crippen molar-refractivity contribution in [3.8, 4) is 5.75 Å². The van der Waals surface area contributed by atoms with Gasteiger partial charge in [0, 0.05) is 6.26 Å². The minimum atomic E-state index is -3.40. The number of aromatic nitrogens is 1. The molecule has 0 atom stereocenters.